The zero-order valence-electron chi connectivity index (χ0n) is 15.9. The molecule has 0 aromatic heterocycles. The Hall–Kier alpha value is -1.34. The minimum atomic E-state index is -0.944. The number of rotatable bonds is 2. The van der Waals surface area contributed by atoms with Gasteiger partial charge in [0, 0.05) is 0 Å². The number of carboxylic acids is 1. The van der Waals surface area contributed by atoms with Gasteiger partial charge in [0.25, 0.3) is 0 Å². The van der Waals surface area contributed by atoms with Crippen LogP contribution in [0.25, 0.3) is 0 Å². The molecule has 0 heterocycles. The van der Waals surface area contributed by atoms with Crippen LogP contribution in [0.4, 0.5) is 0 Å². The lowest BCUT2D eigenvalue weighted by molar-refractivity contribution is -0.144. The first-order valence-corrected chi connectivity index (χ1v) is 10.3. The lowest BCUT2D eigenvalue weighted by atomic mass is 9.47. The minimum Gasteiger partial charge on any atom is -0.480 e. The average Bonchev–Trinajstić information content (AvgIpc) is 2.93. The standard InChI is InChI=1S/C22H31NO3/c1-21-9-7-14(24)11-13(21)3-4-15-17-5-6-18(16(12-23)20(25)26)22(17,2)10-8-19(15)21/h3,14-19,24H,4-11H2,1-2H3,(H,25,26)/t14?,15-,16?,17-,18+,19-,21-,22-/m0/s1. The summed E-state index contributed by atoms with van der Waals surface area (Å²) in [6.45, 7) is 4.68. The summed E-state index contributed by atoms with van der Waals surface area (Å²) in [6.07, 6.45) is 10.2. The molecule has 26 heavy (non-hydrogen) atoms. The van der Waals surface area contributed by atoms with Gasteiger partial charge in [-0.15, -0.1) is 0 Å². The van der Waals surface area contributed by atoms with Crippen molar-refractivity contribution in [2.45, 2.75) is 71.3 Å². The quantitative estimate of drug-likeness (QED) is 0.727. The van der Waals surface area contributed by atoms with E-state index >= 15 is 0 Å². The second-order valence-corrected chi connectivity index (χ2v) is 9.83. The summed E-state index contributed by atoms with van der Waals surface area (Å²) in [5.41, 5.74) is 1.66. The highest BCUT2D eigenvalue weighted by molar-refractivity contribution is 5.73. The fraction of sp³-hybridized carbons (Fsp3) is 0.818. The van der Waals surface area contributed by atoms with Crippen LogP contribution in [-0.4, -0.2) is 22.3 Å². The van der Waals surface area contributed by atoms with Crippen molar-refractivity contribution < 1.29 is 15.0 Å². The molecule has 2 N–H and O–H groups in total. The van der Waals surface area contributed by atoms with Crippen molar-refractivity contribution >= 4 is 5.97 Å². The molecule has 2 unspecified atom stereocenters. The van der Waals surface area contributed by atoms with E-state index < -0.39 is 11.9 Å². The number of carbonyl (C=O) groups is 1. The molecule has 3 saturated carbocycles. The normalized spacial score (nSPS) is 48.4. The summed E-state index contributed by atoms with van der Waals surface area (Å²) in [6, 6.07) is 2.09. The summed E-state index contributed by atoms with van der Waals surface area (Å²) in [5, 5.41) is 29.1. The lowest BCUT2D eigenvalue weighted by Gasteiger charge is -2.58. The summed E-state index contributed by atoms with van der Waals surface area (Å²) in [7, 11) is 0. The van der Waals surface area contributed by atoms with Gasteiger partial charge in [-0.3, -0.25) is 4.79 Å². The maximum atomic E-state index is 11.6. The van der Waals surface area contributed by atoms with Gasteiger partial charge in [0.1, 0.15) is 5.92 Å². The van der Waals surface area contributed by atoms with Gasteiger partial charge < -0.3 is 10.2 Å². The van der Waals surface area contributed by atoms with Crippen molar-refractivity contribution in [1.29, 1.82) is 5.26 Å². The zero-order valence-corrected chi connectivity index (χ0v) is 15.9. The number of aliphatic hydroxyl groups is 1. The van der Waals surface area contributed by atoms with Crippen molar-refractivity contribution in [2.75, 3.05) is 0 Å². The molecule has 0 spiro atoms. The van der Waals surface area contributed by atoms with E-state index in [1.165, 1.54) is 5.57 Å². The van der Waals surface area contributed by atoms with Gasteiger partial charge in [-0.05, 0) is 85.9 Å². The van der Waals surface area contributed by atoms with Gasteiger partial charge in [0.15, 0.2) is 0 Å². The number of aliphatic carboxylic acids is 1. The van der Waals surface area contributed by atoms with Crippen molar-refractivity contribution in [3.05, 3.63) is 11.6 Å². The van der Waals surface area contributed by atoms with Crippen LogP contribution in [-0.2, 0) is 4.79 Å². The van der Waals surface area contributed by atoms with E-state index in [0.717, 1.165) is 51.4 Å². The van der Waals surface area contributed by atoms with E-state index in [9.17, 15) is 20.3 Å². The predicted molar refractivity (Wildman–Crippen MR) is 97.9 cm³/mol. The van der Waals surface area contributed by atoms with Crippen LogP contribution < -0.4 is 0 Å². The molecule has 3 fully saturated rings. The number of hydrogen-bond acceptors (Lipinski definition) is 3. The van der Waals surface area contributed by atoms with Crippen LogP contribution in [0.15, 0.2) is 11.6 Å². The van der Waals surface area contributed by atoms with Gasteiger partial charge in [-0.2, -0.15) is 5.26 Å². The molecule has 4 heteroatoms. The highest BCUT2D eigenvalue weighted by Gasteiger charge is 2.60. The van der Waals surface area contributed by atoms with Crippen molar-refractivity contribution in [1.82, 2.24) is 0 Å². The third-order valence-electron chi connectivity index (χ3n) is 8.96. The minimum absolute atomic E-state index is 0.0117. The Bertz CT molecular complexity index is 679. The number of hydrogen-bond donors (Lipinski definition) is 2. The lowest BCUT2D eigenvalue weighted by Crippen LogP contribution is -2.51. The second-order valence-electron chi connectivity index (χ2n) is 9.83. The third kappa shape index (κ3) is 2.39. The van der Waals surface area contributed by atoms with E-state index in [0.29, 0.717) is 17.8 Å². The smallest absolute Gasteiger partial charge is 0.321 e. The first-order valence-electron chi connectivity index (χ1n) is 10.3. The van der Waals surface area contributed by atoms with Gasteiger partial charge in [-0.25, -0.2) is 0 Å². The van der Waals surface area contributed by atoms with Crippen molar-refractivity contribution in [2.24, 2.45) is 40.4 Å². The Morgan fingerprint density at radius 2 is 2.00 bits per heavy atom. The highest BCUT2D eigenvalue weighted by Crippen LogP contribution is 2.67. The molecule has 0 aromatic carbocycles. The molecule has 8 atom stereocenters. The molecule has 0 aromatic rings. The Labute approximate surface area is 156 Å². The Morgan fingerprint density at radius 3 is 2.69 bits per heavy atom. The largest absolute Gasteiger partial charge is 0.480 e. The highest BCUT2D eigenvalue weighted by atomic mass is 16.4. The van der Waals surface area contributed by atoms with Gasteiger partial charge >= 0.3 is 5.97 Å². The predicted octanol–water partition coefficient (Wildman–Crippen LogP) is 4.15. The molecule has 0 saturated heterocycles. The third-order valence-corrected chi connectivity index (χ3v) is 8.96. The van der Waals surface area contributed by atoms with E-state index in [1.54, 1.807) is 0 Å². The summed E-state index contributed by atoms with van der Waals surface area (Å²) in [5.74, 6) is -0.0319. The molecule has 0 aliphatic heterocycles. The first-order chi connectivity index (χ1) is 12.3. The van der Waals surface area contributed by atoms with Crippen molar-refractivity contribution in [3.8, 4) is 6.07 Å². The van der Waals surface area contributed by atoms with Gasteiger partial charge in [0.05, 0.1) is 12.2 Å². The average molecular weight is 357 g/mol. The molecule has 4 rings (SSSR count). The fourth-order valence-corrected chi connectivity index (χ4v) is 7.55. The van der Waals surface area contributed by atoms with Crippen LogP contribution in [0.3, 0.4) is 0 Å². The number of carboxylic acid groups (broad SMARTS) is 1. The number of nitriles is 1. The van der Waals surface area contributed by atoms with E-state index in [-0.39, 0.29) is 22.9 Å². The van der Waals surface area contributed by atoms with Crippen LogP contribution in [0.5, 0.6) is 0 Å². The monoisotopic (exact) mass is 357 g/mol. The first kappa shape index (κ1) is 18.0. The van der Waals surface area contributed by atoms with E-state index in [1.807, 2.05) is 0 Å². The zero-order chi connectivity index (χ0) is 18.7. The summed E-state index contributed by atoms with van der Waals surface area (Å²) in [4.78, 5) is 11.6. The van der Waals surface area contributed by atoms with Crippen LogP contribution in [0.1, 0.15) is 65.2 Å². The molecule has 0 radical (unpaired) electrons. The topological polar surface area (TPSA) is 81.3 Å². The molecule has 4 aliphatic carbocycles. The molecular formula is C22H31NO3. The molecule has 4 nitrogen and oxygen atoms in total. The Morgan fingerprint density at radius 1 is 1.23 bits per heavy atom. The number of allylic oxidation sites excluding steroid dienone is 1. The van der Waals surface area contributed by atoms with Crippen LogP contribution in [0, 0.1) is 51.8 Å². The molecule has 0 amide bonds. The molecule has 4 aliphatic rings. The van der Waals surface area contributed by atoms with Crippen molar-refractivity contribution in [3.63, 3.8) is 0 Å². The van der Waals surface area contributed by atoms with E-state index in [2.05, 4.69) is 26.0 Å². The summed E-state index contributed by atoms with van der Waals surface area (Å²) < 4.78 is 0. The fourth-order valence-electron chi connectivity index (χ4n) is 7.55. The van der Waals surface area contributed by atoms with Crippen LogP contribution in [0.2, 0.25) is 0 Å². The molecule has 142 valence electrons. The second kappa shape index (κ2) is 6.09. The summed E-state index contributed by atoms with van der Waals surface area (Å²) >= 11 is 0. The SMILES string of the molecule is C[C@]12CC[C@H]3[C@@H](CC=C4CC(O)CC[C@@]43C)[C@@H]1CC[C@@H]2C(C#N)C(=O)O. The molecule has 0 bridgehead atoms. The Balaban J connectivity index is 1.64. The van der Waals surface area contributed by atoms with Gasteiger partial charge in [-0.1, -0.05) is 25.5 Å². The van der Waals surface area contributed by atoms with E-state index in [4.69, 9.17) is 0 Å². The van der Waals surface area contributed by atoms with Gasteiger partial charge in [0.2, 0.25) is 0 Å². The number of aliphatic hydroxyl groups excluding tert-OH is 1. The Kier molecular flexibility index (Phi) is 4.23. The number of nitrogens with zero attached hydrogens (tertiary/aromatic N) is 1. The molecular weight excluding hydrogens is 326 g/mol. The maximum absolute atomic E-state index is 11.6. The van der Waals surface area contributed by atoms with Crippen LogP contribution >= 0.6 is 0 Å². The number of fused-ring (bicyclic) bond motifs is 5. The maximum Gasteiger partial charge on any atom is 0.321 e.